The van der Waals surface area contributed by atoms with Crippen molar-refractivity contribution in [3.63, 3.8) is 0 Å². The molecule has 3 nitrogen and oxygen atoms in total. The Bertz CT molecular complexity index is 496. The number of halogens is 1. The van der Waals surface area contributed by atoms with E-state index in [9.17, 15) is 4.79 Å². The van der Waals surface area contributed by atoms with Crippen molar-refractivity contribution in [2.45, 2.75) is 58.0 Å². The van der Waals surface area contributed by atoms with Gasteiger partial charge in [-0.1, -0.05) is 30.7 Å². The van der Waals surface area contributed by atoms with E-state index in [0.717, 1.165) is 44.2 Å². The van der Waals surface area contributed by atoms with Gasteiger partial charge in [0.05, 0.1) is 10.6 Å². The molecule has 1 aromatic rings. The van der Waals surface area contributed by atoms with Crippen LogP contribution < -0.4 is 5.73 Å². The Hall–Kier alpha value is -1.06. The highest BCUT2D eigenvalue weighted by Crippen LogP contribution is 2.27. The lowest BCUT2D eigenvalue weighted by Gasteiger charge is -2.36. The van der Waals surface area contributed by atoms with Crippen LogP contribution in [0.4, 0.5) is 0 Å². The summed E-state index contributed by atoms with van der Waals surface area (Å²) in [5, 5.41) is 0.580. The minimum Gasteiger partial charge on any atom is -0.336 e. The Morgan fingerprint density at radius 1 is 1.33 bits per heavy atom. The van der Waals surface area contributed by atoms with Crippen LogP contribution >= 0.6 is 11.6 Å². The van der Waals surface area contributed by atoms with E-state index in [-0.39, 0.29) is 5.91 Å². The first-order valence-corrected chi connectivity index (χ1v) is 8.24. The van der Waals surface area contributed by atoms with Gasteiger partial charge >= 0.3 is 0 Å². The topological polar surface area (TPSA) is 46.3 Å². The molecule has 0 spiro atoms. The molecule has 2 N–H and O–H groups in total. The van der Waals surface area contributed by atoms with E-state index in [0.29, 0.717) is 22.7 Å². The second kappa shape index (κ2) is 7.28. The van der Waals surface area contributed by atoms with Gasteiger partial charge in [-0.3, -0.25) is 4.79 Å². The Balaban J connectivity index is 2.21. The molecule has 0 saturated heterocycles. The molecule has 0 bridgehead atoms. The van der Waals surface area contributed by atoms with E-state index in [4.69, 9.17) is 17.3 Å². The molecule has 116 valence electrons. The van der Waals surface area contributed by atoms with Crippen LogP contribution in [0.25, 0.3) is 0 Å². The van der Waals surface area contributed by atoms with Crippen LogP contribution in [0.3, 0.4) is 0 Å². The summed E-state index contributed by atoms with van der Waals surface area (Å²) in [6, 6.07) is 6.25. The zero-order valence-corrected chi connectivity index (χ0v) is 13.7. The summed E-state index contributed by atoms with van der Waals surface area (Å²) in [5.41, 5.74) is 7.55. The fraction of sp³-hybridized carbons (Fsp3) is 0.588. The number of rotatable bonds is 4. The normalized spacial score (nSPS) is 22.1. The van der Waals surface area contributed by atoms with E-state index in [2.05, 4.69) is 6.92 Å². The molecule has 0 aliphatic heterocycles. The maximum absolute atomic E-state index is 12.9. The van der Waals surface area contributed by atoms with Crippen molar-refractivity contribution in [1.29, 1.82) is 0 Å². The number of amides is 1. The van der Waals surface area contributed by atoms with Gasteiger partial charge in [0.2, 0.25) is 0 Å². The Morgan fingerprint density at radius 2 is 2.00 bits per heavy atom. The third kappa shape index (κ3) is 3.78. The molecular formula is C17H25ClN2O. The lowest BCUT2D eigenvalue weighted by atomic mass is 9.90. The van der Waals surface area contributed by atoms with Crippen molar-refractivity contribution in [3.8, 4) is 0 Å². The summed E-state index contributed by atoms with van der Waals surface area (Å²) in [5.74, 6) is 0.0611. The summed E-state index contributed by atoms with van der Waals surface area (Å²) in [4.78, 5) is 14.9. The quantitative estimate of drug-likeness (QED) is 0.920. The standard InChI is InChI=1S/C17H25ClN2O/c1-3-11-20(14-9-7-13(19)8-10-14)17(21)15-6-4-5-12(2)16(15)18/h4-6,13-14H,3,7-11,19H2,1-2H3. The summed E-state index contributed by atoms with van der Waals surface area (Å²) in [7, 11) is 0. The summed E-state index contributed by atoms with van der Waals surface area (Å²) >= 11 is 6.33. The smallest absolute Gasteiger partial charge is 0.255 e. The first-order valence-electron chi connectivity index (χ1n) is 7.86. The molecule has 1 saturated carbocycles. The fourth-order valence-corrected chi connectivity index (χ4v) is 3.28. The molecular weight excluding hydrogens is 284 g/mol. The number of carbonyl (C=O) groups excluding carboxylic acids is 1. The molecule has 0 radical (unpaired) electrons. The molecule has 0 aromatic heterocycles. The highest BCUT2D eigenvalue weighted by molar-refractivity contribution is 6.34. The van der Waals surface area contributed by atoms with Crippen LogP contribution in [-0.2, 0) is 0 Å². The minimum absolute atomic E-state index is 0.0611. The third-order valence-corrected chi connectivity index (χ3v) is 4.83. The lowest BCUT2D eigenvalue weighted by Crippen LogP contribution is -2.44. The molecule has 0 heterocycles. The number of hydrogen-bond acceptors (Lipinski definition) is 2. The van der Waals surface area contributed by atoms with Gasteiger partial charge in [0.15, 0.2) is 0 Å². The van der Waals surface area contributed by atoms with Gasteiger partial charge in [-0.15, -0.1) is 0 Å². The first kappa shape index (κ1) is 16.3. The van der Waals surface area contributed by atoms with E-state index < -0.39 is 0 Å². The van der Waals surface area contributed by atoms with Gasteiger partial charge in [0.1, 0.15) is 0 Å². The minimum atomic E-state index is 0.0611. The number of nitrogens with two attached hydrogens (primary N) is 1. The molecule has 4 heteroatoms. The van der Waals surface area contributed by atoms with Crippen molar-refractivity contribution in [2.24, 2.45) is 5.73 Å². The maximum atomic E-state index is 12.9. The number of nitrogens with zero attached hydrogens (tertiary/aromatic N) is 1. The molecule has 1 aliphatic carbocycles. The number of hydrogen-bond donors (Lipinski definition) is 1. The second-order valence-corrected chi connectivity index (χ2v) is 6.38. The van der Waals surface area contributed by atoms with Crippen molar-refractivity contribution in [2.75, 3.05) is 6.54 Å². The SMILES string of the molecule is CCCN(C(=O)c1cccc(C)c1Cl)C1CCC(N)CC1. The molecule has 2 rings (SSSR count). The molecule has 1 aliphatic rings. The van der Waals surface area contributed by atoms with Gasteiger partial charge in [-0.05, 0) is 50.7 Å². The molecule has 0 unspecified atom stereocenters. The summed E-state index contributed by atoms with van der Waals surface area (Å²) < 4.78 is 0. The van der Waals surface area contributed by atoms with Gasteiger partial charge in [0, 0.05) is 18.6 Å². The molecule has 1 amide bonds. The third-order valence-electron chi connectivity index (χ3n) is 4.33. The molecule has 1 aromatic carbocycles. The van der Waals surface area contributed by atoms with Gasteiger partial charge in [-0.2, -0.15) is 0 Å². The van der Waals surface area contributed by atoms with Crippen LogP contribution in [0, 0.1) is 6.92 Å². The van der Waals surface area contributed by atoms with Crippen LogP contribution in [0.1, 0.15) is 54.9 Å². The predicted octanol–water partition coefficient (Wildman–Crippen LogP) is 3.77. The summed E-state index contributed by atoms with van der Waals surface area (Å²) in [6.07, 6.45) is 4.95. The highest BCUT2D eigenvalue weighted by Gasteiger charge is 2.28. The number of carbonyl (C=O) groups is 1. The predicted molar refractivity (Wildman–Crippen MR) is 87.7 cm³/mol. The average molecular weight is 309 g/mol. The van der Waals surface area contributed by atoms with Gasteiger partial charge < -0.3 is 10.6 Å². The van der Waals surface area contributed by atoms with Crippen LogP contribution in [-0.4, -0.2) is 29.4 Å². The van der Waals surface area contributed by atoms with E-state index in [1.54, 1.807) is 0 Å². The molecule has 1 fully saturated rings. The Kier molecular flexibility index (Phi) is 5.65. The van der Waals surface area contributed by atoms with Crippen molar-refractivity contribution < 1.29 is 4.79 Å². The monoisotopic (exact) mass is 308 g/mol. The Labute approximate surface area is 132 Å². The maximum Gasteiger partial charge on any atom is 0.255 e. The highest BCUT2D eigenvalue weighted by atomic mass is 35.5. The zero-order valence-electron chi connectivity index (χ0n) is 12.9. The van der Waals surface area contributed by atoms with Gasteiger partial charge in [0.25, 0.3) is 5.91 Å². The first-order chi connectivity index (χ1) is 10.0. The largest absolute Gasteiger partial charge is 0.336 e. The Morgan fingerprint density at radius 3 is 2.62 bits per heavy atom. The lowest BCUT2D eigenvalue weighted by molar-refractivity contribution is 0.0627. The average Bonchev–Trinajstić information content (AvgIpc) is 2.48. The van der Waals surface area contributed by atoms with Crippen molar-refractivity contribution >= 4 is 17.5 Å². The molecule has 21 heavy (non-hydrogen) atoms. The second-order valence-electron chi connectivity index (χ2n) is 6.00. The van der Waals surface area contributed by atoms with Crippen LogP contribution in [0.2, 0.25) is 5.02 Å². The van der Waals surface area contributed by atoms with Crippen LogP contribution in [0.5, 0.6) is 0 Å². The van der Waals surface area contributed by atoms with E-state index in [1.807, 2.05) is 30.0 Å². The zero-order chi connectivity index (χ0) is 15.4. The van der Waals surface area contributed by atoms with Crippen LogP contribution in [0.15, 0.2) is 18.2 Å². The number of benzene rings is 1. The van der Waals surface area contributed by atoms with E-state index in [1.165, 1.54) is 0 Å². The van der Waals surface area contributed by atoms with Gasteiger partial charge in [-0.25, -0.2) is 0 Å². The fourth-order valence-electron chi connectivity index (χ4n) is 3.07. The molecule has 0 atom stereocenters. The van der Waals surface area contributed by atoms with Crippen molar-refractivity contribution in [3.05, 3.63) is 34.3 Å². The summed E-state index contributed by atoms with van der Waals surface area (Å²) in [6.45, 7) is 4.82. The number of aryl methyl sites for hydroxylation is 1. The van der Waals surface area contributed by atoms with Crippen molar-refractivity contribution in [1.82, 2.24) is 4.90 Å². The van der Waals surface area contributed by atoms with E-state index >= 15 is 0 Å².